The van der Waals surface area contributed by atoms with Crippen molar-refractivity contribution >= 4 is 25.5 Å². The number of sulfonamides is 1. The van der Waals surface area contributed by atoms with Crippen LogP contribution >= 0.6 is 0 Å². The first-order chi connectivity index (χ1) is 9.63. The van der Waals surface area contributed by atoms with Crippen molar-refractivity contribution < 1.29 is 21.2 Å². The molecule has 1 aromatic carbocycles. The lowest BCUT2D eigenvalue weighted by molar-refractivity contribution is 0.568. The maximum atomic E-state index is 13.6. The van der Waals surface area contributed by atoms with Gasteiger partial charge in [0.15, 0.2) is 9.84 Å². The van der Waals surface area contributed by atoms with E-state index in [0.717, 1.165) is 12.1 Å². The SMILES string of the molecule is Cc1c(N)cc(S(=O)(=O)NCC2CCCS2(=O)=O)cc1F. The summed E-state index contributed by atoms with van der Waals surface area (Å²) in [6.45, 7) is 1.24. The number of benzene rings is 1. The molecule has 2 rings (SSSR count). The Morgan fingerprint density at radius 3 is 2.62 bits per heavy atom. The van der Waals surface area contributed by atoms with E-state index in [0.29, 0.717) is 12.8 Å². The number of sulfone groups is 1. The number of hydrogen-bond acceptors (Lipinski definition) is 5. The fourth-order valence-corrected chi connectivity index (χ4v) is 5.20. The van der Waals surface area contributed by atoms with Gasteiger partial charge in [-0.05, 0) is 31.9 Å². The zero-order valence-electron chi connectivity index (χ0n) is 11.5. The fraction of sp³-hybridized carbons (Fsp3) is 0.500. The lowest BCUT2D eigenvalue weighted by Gasteiger charge is -2.12. The fourth-order valence-electron chi connectivity index (χ4n) is 2.20. The van der Waals surface area contributed by atoms with E-state index >= 15 is 0 Å². The van der Waals surface area contributed by atoms with Gasteiger partial charge in [-0.2, -0.15) is 0 Å². The number of halogens is 1. The molecule has 1 unspecified atom stereocenters. The molecular weight excluding hydrogens is 319 g/mol. The minimum Gasteiger partial charge on any atom is -0.398 e. The Morgan fingerprint density at radius 2 is 2.10 bits per heavy atom. The largest absolute Gasteiger partial charge is 0.398 e. The Bertz CT molecular complexity index is 736. The van der Waals surface area contributed by atoms with Crippen LogP contribution in [0.15, 0.2) is 17.0 Å². The third kappa shape index (κ3) is 3.35. The molecule has 3 N–H and O–H groups in total. The summed E-state index contributed by atoms with van der Waals surface area (Å²) in [7, 11) is -7.23. The first-order valence-corrected chi connectivity index (χ1v) is 9.60. The molecule has 21 heavy (non-hydrogen) atoms. The molecule has 0 amide bonds. The van der Waals surface area contributed by atoms with Gasteiger partial charge in [0, 0.05) is 17.8 Å². The van der Waals surface area contributed by atoms with Crippen LogP contribution in [-0.2, 0) is 19.9 Å². The van der Waals surface area contributed by atoms with Crippen molar-refractivity contribution in [2.75, 3.05) is 18.0 Å². The molecular formula is C12H17FN2O4S2. The van der Waals surface area contributed by atoms with Gasteiger partial charge in [0.1, 0.15) is 5.82 Å². The molecule has 0 spiro atoms. The topological polar surface area (TPSA) is 106 Å². The van der Waals surface area contributed by atoms with Crippen molar-refractivity contribution in [1.29, 1.82) is 0 Å². The van der Waals surface area contributed by atoms with Gasteiger partial charge in [-0.1, -0.05) is 0 Å². The van der Waals surface area contributed by atoms with Crippen molar-refractivity contribution in [3.05, 3.63) is 23.5 Å². The summed E-state index contributed by atoms with van der Waals surface area (Å²) in [5, 5.41) is -0.722. The standard InChI is InChI=1S/C12H17FN2O4S2/c1-8-11(13)5-10(6-12(8)14)21(18,19)15-7-9-3-2-4-20(9,16)17/h5-6,9,15H,2-4,7,14H2,1H3. The van der Waals surface area contributed by atoms with E-state index in [2.05, 4.69) is 4.72 Å². The maximum Gasteiger partial charge on any atom is 0.240 e. The molecule has 118 valence electrons. The van der Waals surface area contributed by atoms with Crippen LogP contribution in [0.2, 0.25) is 0 Å². The quantitative estimate of drug-likeness (QED) is 0.782. The van der Waals surface area contributed by atoms with E-state index in [1.54, 1.807) is 0 Å². The van der Waals surface area contributed by atoms with Crippen LogP contribution in [0.5, 0.6) is 0 Å². The number of nitrogens with two attached hydrogens (primary N) is 1. The summed E-state index contributed by atoms with van der Waals surface area (Å²) in [5.74, 6) is -0.644. The number of anilines is 1. The summed E-state index contributed by atoms with van der Waals surface area (Å²) >= 11 is 0. The monoisotopic (exact) mass is 336 g/mol. The van der Waals surface area contributed by atoms with E-state index in [9.17, 15) is 21.2 Å². The van der Waals surface area contributed by atoms with Gasteiger partial charge in [0.25, 0.3) is 0 Å². The van der Waals surface area contributed by atoms with Crippen molar-refractivity contribution in [2.45, 2.75) is 29.9 Å². The number of nitrogens with one attached hydrogen (secondary N) is 1. The molecule has 1 atom stereocenters. The zero-order chi connectivity index (χ0) is 15.8. The van der Waals surface area contributed by atoms with E-state index < -0.39 is 30.9 Å². The first kappa shape index (κ1) is 16.2. The highest BCUT2D eigenvalue weighted by atomic mass is 32.2. The summed E-state index contributed by atoms with van der Waals surface area (Å²) in [6, 6.07) is 2.03. The van der Waals surface area contributed by atoms with Crippen molar-refractivity contribution in [3.63, 3.8) is 0 Å². The van der Waals surface area contributed by atoms with Crippen LogP contribution in [-0.4, -0.2) is 34.4 Å². The Morgan fingerprint density at radius 1 is 1.43 bits per heavy atom. The Balaban J connectivity index is 2.20. The highest BCUT2D eigenvalue weighted by Gasteiger charge is 2.32. The molecule has 0 aliphatic carbocycles. The maximum absolute atomic E-state index is 13.6. The zero-order valence-corrected chi connectivity index (χ0v) is 13.1. The van der Waals surface area contributed by atoms with Crippen LogP contribution in [0.4, 0.5) is 10.1 Å². The molecule has 1 heterocycles. The van der Waals surface area contributed by atoms with Gasteiger partial charge in [-0.15, -0.1) is 0 Å². The first-order valence-electron chi connectivity index (χ1n) is 6.40. The smallest absolute Gasteiger partial charge is 0.240 e. The van der Waals surface area contributed by atoms with Crippen LogP contribution in [0.3, 0.4) is 0 Å². The third-order valence-electron chi connectivity index (χ3n) is 3.63. The predicted molar refractivity (Wildman–Crippen MR) is 77.5 cm³/mol. The van der Waals surface area contributed by atoms with Crippen LogP contribution in [0, 0.1) is 12.7 Å². The molecule has 0 saturated carbocycles. The summed E-state index contributed by atoms with van der Waals surface area (Å²) in [4.78, 5) is -0.307. The summed E-state index contributed by atoms with van der Waals surface area (Å²) in [6.07, 6.45) is 0.954. The van der Waals surface area contributed by atoms with Gasteiger partial charge >= 0.3 is 0 Å². The minimum atomic E-state index is -3.99. The number of rotatable bonds is 4. The lowest BCUT2D eigenvalue weighted by Crippen LogP contribution is -2.34. The van der Waals surface area contributed by atoms with Gasteiger partial charge < -0.3 is 5.73 Å². The molecule has 1 aliphatic rings. The molecule has 1 aromatic rings. The minimum absolute atomic E-state index is 0.0314. The van der Waals surface area contributed by atoms with Crippen LogP contribution in [0.25, 0.3) is 0 Å². The Hall–Kier alpha value is -1.19. The van der Waals surface area contributed by atoms with Gasteiger partial charge in [-0.25, -0.2) is 25.9 Å². The van der Waals surface area contributed by atoms with Crippen LogP contribution < -0.4 is 10.5 Å². The van der Waals surface area contributed by atoms with E-state index in [4.69, 9.17) is 5.73 Å². The Kier molecular flexibility index (Phi) is 4.27. The predicted octanol–water partition coefficient (Wildman–Crippen LogP) is 0.572. The normalized spacial score (nSPS) is 21.5. The van der Waals surface area contributed by atoms with Crippen LogP contribution in [0.1, 0.15) is 18.4 Å². The van der Waals surface area contributed by atoms with E-state index in [-0.39, 0.29) is 28.4 Å². The molecule has 9 heteroatoms. The Labute approximate surface area is 123 Å². The average molecular weight is 336 g/mol. The van der Waals surface area contributed by atoms with Gasteiger partial charge in [0.05, 0.1) is 15.9 Å². The molecule has 0 bridgehead atoms. The molecule has 6 nitrogen and oxygen atoms in total. The third-order valence-corrected chi connectivity index (χ3v) is 7.31. The van der Waals surface area contributed by atoms with Gasteiger partial charge in [0.2, 0.25) is 10.0 Å². The van der Waals surface area contributed by atoms with Crippen molar-refractivity contribution in [1.82, 2.24) is 4.72 Å². The number of nitrogen functional groups attached to an aromatic ring is 1. The highest BCUT2D eigenvalue weighted by molar-refractivity contribution is 7.92. The lowest BCUT2D eigenvalue weighted by atomic mass is 10.2. The van der Waals surface area contributed by atoms with E-state index in [1.807, 2.05) is 0 Å². The van der Waals surface area contributed by atoms with Crippen molar-refractivity contribution in [3.8, 4) is 0 Å². The second-order valence-electron chi connectivity index (χ2n) is 5.10. The van der Waals surface area contributed by atoms with E-state index in [1.165, 1.54) is 6.92 Å². The molecule has 1 fully saturated rings. The van der Waals surface area contributed by atoms with Gasteiger partial charge in [-0.3, -0.25) is 0 Å². The molecule has 1 aliphatic heterocycles. The summed E-state index contributed by atoms with van der Waals surface area (Å²) < 4.78 is 63.3. The molecule has 0 aromatic heterocycles. The molecule has 0 radical (unpaired) electrons. The summed E-state index contributed by atoms with van der Waals surface area (Å²) in [5.41, 5.74) is 5.76. The second kappa shape index (κ2) is 5.54. The van der Waals surface area contributed by atoms with Crippen molar-refractivity contribution in [2.24, 2.45) is 0 Å². The average Bonchev–Trinajstić information content (AvgIpc) is 2.72. The highest BCUT2D eigenvalue weighted by Crippen LogP contribution is 2.22. The molecule has 1 saturated heterocycles. The second-order valence-corrected chi connectivity index (χ2v) is 9.27. The number of hydrogen-bond donors (Lipinski definition) is 2.